The van der Waals surface area contributed by atoms with E-state index in [2.05, 4.69) is 26.6 Å². The highest BCUT2D eigenvalue weighted by atomic mass is 32.2. The standard InChI is InChI=1S/C20H22N8O3S/c1-2-32(29,30)27-12-20(13-27,5-6-21)28-10-15(7-23-28)18-17(14-3-4-14)9-22-19(26-18)25-16-8-24-31-11-16/h7-11,14H,2-5,12-13H2,1H3,(H,22,25,26). The maximum atomic E-state index is 12.2. The van der Waals surface area contributed by atoms with Crippen molar-refractivity contribution in [1.29, 1.82) is 5.26 Å². The third-order valence-electron chi connectivity index (χ3n) is 5.97. The van der Waals surface area contributed by atoms with Crippen LogP contribution in [0.3, 0.4) is 0 Å². The molecule has 3 aromatic heterocycles. The molecule has 0 atom stereocenters. The van der Waals surface area contributed by atoms with E-state index in [1.807, 2.05) is 12.4 Å². The van der Waals surface area contributed by atoms with Crippen molar-refractivity contribution in [3.63, 3.8) is 0 Å². The highest BCUT2D eigenvalue weighted by Crippen LogP contribution is 2.44. The molecule has 0 spiro atoms. The minimum atomic E-state index is -3.30. The average Bonchev–Trinajstić information content (AvgIpc) is 3.25. The van der Waals surface area contributed by atoms with Gasteiger partial charge in [0.05, 0.1) is 36.3 Å². The number of rotatable bonds is 8. The van der Waals surface area contributed by atoms with Gasteiger partial charge in [-0.25, -0.2) is 18.4 Å². The number of hydrogen-bond acceptors (Lipinski definition) is 9. The van der Waals surface area contributed by atoms with E-state index < -0.39 is 15.6 Å². The van der Waals surface area contributed by atoms with Gasteiger partial charge in [0, 0.05) is 36.6 Å². The Morgan fingerprint density at radius 1 is 1.31 bits per heavy atom. The van der Waals surface area contributed by atoms with Gasteiger partial charge in [-0.15, -0.1) is 0 Å². The van der Waals surface area contributed by atoms with E-state index in [1.165, 1.54) is 16.8 Å². The lowest BCUT2D eigenvalue weighted by Gasteiger charge is -2.47. The maximum absolute atomic E-state index is 12.2. The van der Waals surface area contributed by atoms with Crippen molar-refractivity contribution in [2.45, 2.75) is 37.6 Å². The Morgan fingerprint density at radius 2 is 2.12 bits per heavy atom. The zero-order chi connectivity index (χ0) is 22.3. The van der Waals surface area contributed by atoms with Gasteiger partial charge in [-0.05, 0) is 25.7 Å². The molecule has 1 N–H and O–H groups in total. The van der Waals surface area contributed by atoms with Crippen molar-refractivity contribution >= 4 is 21.7 Å². The topological polar surface area (TPSA) is 143 Å². The van der Waals surface area contributed by atoms with E-state index in [0.29, 0.717) is 17.6 Å². The van der Waals surface area contributed by atoms with Crippen LogP contribution in [0.15, 0.2) is 35.6 Å². The van der Waals surface area contributed by atoms with E-state index >= 15 is 0 Å². The van der Waals surface area contributed by atoms with Crippen LogP contribution in [0.5, 0.6) is 0 Å². The second kappa shape index (κ2) is 7.68. The highest BCUT2D eigenvalue weighted by Gasteiger charge is 2.49. The fraction of sp³-hybridized carbons (Fsp3) is 0.450. The van der Waals surface area contributed by atoms with Gasteiger partial charge in [0.25, 0.3) is 0 Å². The number of aromatic nitrogens is 5. The van der Waals surface area contributed by atoms with Crippen LogP contribution >= 0.6 is 0 Å². The van der Waals surface area contributed by atoms with Gasteiger partial charge in [0.2, 0.25) is 16.0 Å². The Labute approximate surface area is 185 Å². The molecule has 5 rings (SSSR count). The van der Waals surface area contributed by atoms with E-state index in [0.717, 1.165) is 29.7 Å². The summed E-state index contributed by atoms with van der Waals surface area (Å²) in [6.45, 7) is 2.08. The molecule has 2 fully saturated rings. The van der Waals surface area contributed by atoms with Gasteiger partial charge in [0.1, 0.15) is 17.5 Å². The van der Waals surface area contributed by atoms with E-state index in [-0.39, 0.29) is 25.3 Å². The molecular weight excluding hydrogens is 432 g/mol. The van der Waals surface area contributed by atoms with Crippen molar-refractivity contribution in [1.82, 2.24) is 29.2 Å². The van der Waals surface area contributed by atoms with Crippen LogP contribution in [0.4, 0.5) is 11.6 Å². The zero-order valence-corrected chi connectivity index (χ0v) is 18.3. The van der Waals surface area contributed by atoms with Crippen molar-refractivity contribution in [2.24, 2.45) is 0 Å². The number of sulfonamides is 1. The summed E-state index contributed by atoms with van der Waals surface area (Å²) in [5.41, 5.74) is 2.60. The van der Waals surface area contributed by atoms with Crippen molar-refractivity contribution in [3.05, 3.63) is 36.6 Å². The first kappa shape index (κ1) is 20.6. The third-order valence-corrected chi connectivity index (χ3v) is 7.75. The third kappa shape index (κ3) is 3.63. The number of nitrogens with one attached hydrogen (secondary N) is 1. The first-order valence-corrected chi connectivity index (χ1v) is 12.0. The van der Waals surface area contributed by atoms with Crippen LogP contribution in [0, 0.1) is 11.3 Å². The van der Waals surface area contributed by atoms with E-state index in [9.17, 15) is 13.7 Å². The predicted molar refractivity (Wildman–Crippen MR) is 114 cm³/mol. The molecule has 3 aromatic rings. The molecule has 1 saturated heterocycles. The summed E-state index contributed by atoms with van der Waals surface area (Å²) >= 11 is 0. The second-order valence-corrected chi connectivity index (χ2v) is 10.5. The second-order valence-electron chi connectivity index (χ2n) is 8.21. The van der Waals surface area contributed by atoms with Crippen LogP contribution in [0.2, 0.25) is 0 Å². The fourth-order valence-electron chi connectivity index (χ4n) is 3.95. The number of anilines is 2. The van der Waals surface area contributed by atoms with Crippen molar-refractivity contribution in [3.8, 4) is 17.3 Å². The van der Waals surface area contributed by atoms with Crippen LogP contribution in [-0.4, -0.2) is 56.5 Å². The molecule has 1 aliphatic heterocycles. The van der Waals surface area contributed by atoms with Gasteiger partial charge in [0.15, 0.2) is 0 Å². The molecule has 32 heavy (non-hydrogen) atoms. The molecule has 4 heterocycles. The monoisotopic (exact) mass is 454 g/mol. The summed E-state index contributed by atoms with van der Waals surface area (Å²) in [7, 11) is -3.30. The van der Waals surface area contributed by atoms with Crippen molar-refractivity contribution in [2.75, 3.05) is 24.2 Å². The molecule has 0 aromatic carbocycles. The summed E-state index contributed by atoms with van der Waals surface area (Å²) in [4.78, 5) is 9.14. The van der Waals surface area contributed by atoms with E-state index in [4.69, 9.17) is 9.51 Å². The van der Waals surface area contributed by atoms with Gasteiger partial charge < -0.3 is 9.84 Å². The largest absolute Gasteiger partial charge is 0.363 e. The minimum absolute atomic E-state index is 0.0354. The number of hydrogen-bond donors (Lipinski definition) is 1. The van der Waals surface area contributed by atoms with E-state index in [1.54, 1.807) is 17.8 Å². The fourth-order valence-corrected chi connectivity index (χ4v) is 5.19. The van der Waals surface area contributed by atoms with Gasteiger partial charge in [-0.3, -0.25) is 4.68 Å². The predicted octanol–water partition coefficient (Wildman–Crippen LogP) is 2.22. The Hall–Kier alpha value is -3.30. The first-order valence-electron chi connectivity index (χ1n) is 10.4. The maximum Gasteiger partial charge on any atom is 0.227 e. The van der Waals surface area contributed by atoms with Crippen LogP contribution < -0.4 is 5.32 Å². The molecule has 0 amide bonds. The molecule has 1 aliphatic carbocycles. The SMILES string of the molecule is CCS(=O)(=O)N1CC(CC#N)(n2cc(-c3nc(Nc4cnoc4)ncc3C3CC3)cn2)C1. The smallest absolute Gasteiger partial charge is 0.227 e. The molecular formula is C20H22N8O3S. The molecule has 0 unspecified atom stereocenters. The summed E-state index contributed by atoms with van der Waals surface area (Å²) in [6.07, 6.45) is 10.7. The molecule has 11 nitrogen and oxygen atoms in total. The minimum Gasteiger partial charge on any atom is -0.363 e. The zero-order valence-electron chi connectivity index (χ0n) is 17.5. The molecule has 1 saturated carbocycles. The molecule has 0 radical (unpaired) electrons. The Balaban J connectivity index is 1.46. The van der Waals surface area contributed by atoms with Crippen LogP contribution in [0.25, 0.3) is 11.3 Å². The lowest BCUT2D eigenvalue weighted by molar-refractivity contribution is 0.0719. The lowest BCUT2D eigenvalue weighted by atomic mass is 9.89. The molecule has 12 heteroatoms. The quantitative estimate of drug-likeness (QED) is 0.542. The summed E-state index contributed by atoms with van der Waals surface area (Å²) < 4.78 is 32.4. The van der Waals surface area contributed by atoms with Gasteiger partial charge >= 0.3 is 0 Å². The van der Waals surface area contributed by atoms with Gasteiger partial charge in [-0.2, -0.15) is 14.7 Å². The van der Waals surface area contributed by atoms with Crippen LogP contribution in [0.1, 0.15) is 37.7 Å². The lowest BCUT2D eigenvalue weighted by Crippen LogP contribution is -2.64. The van der Waals surface area contributed by atoms with Gasteiger partial charge in [-0.1, -0.05) is 5.16 Å². The first-order chi connectivity index (χ1) is 15.4. The molecule has 166 valence electrons. The highest BCUT2D eigenvalue weighted by molar-refractivity contribution is 7.89. The average molecular weight is 455 g/mol. The number of nitrogens with zero attached hydrogens (tertiary/aromatic N) is 7. The Kier molecular flexibility index (Phi) is 4.94. The summed E-state index contributed by atoms with van der Waals surface area (Å²) in [6, 6.07) is 2.19. The molecule has 0 bridgehead atoms. The molecule has 2 aliphatic rings. The Morgan fingerprint density at radius 3 is 2.78 bits per heavy atom. The number of nitriles is 1. The Bertz CT molecular complexity index is 1270. The summed E-state index contributed by atoms with van der Waals surface area (Å²) in [5.74, 6) is 0.865. The normalized spacial score (nSPS) is 18.1. The van der Waals surface area contributed by atoms with Crippen LogP contribution in [-0.2, 0) is 15.6 Å². The summed E-state index contributed by atoms with van der Waals surface area (Å²) in [5, 5.41) is 20.6. The van der Waals surface area contributed by atoms with Crippen molar-refractivity contribution < 1.29 is 12.9 Å².